The van der Waals surface area contributed by atoms with Gasteiger partial charge in [-0.1, -0.05) is 38.1 Å². The summed E-state index contributed by atoms with van der Waals surface area (Å²) in [4.78, 5) is 11.8. The third-order valence-corrected chi connectivity index (χ3v) is 7.06. The van der Waals surface area contributed by atoms with Crippen LogP contribution < -0.4 is 4.74 Å². The molecule has 2 aromatic rings. The van der Waals surface area contributed by atoms with E-state index in [0.717, 1.165) is 29.7 Å². The van der Waals surface area contributed by atoms with E-state index in [2.05, 4.69) is 31.2 Å². The number of carbonyl (C=O) groups excluding carboxylic acids is 1. The first-order valence-corrected chi connectivity index (χ1v) is 13.1. The lowest BCUT2D eigenvalue weighted by atomic mass is 9.99. The summed E-state index contributed by atoms with van der Waals surface area (Å²) >= 11 is 0. The number of ether oxygens (including phenoxy) is 4. The van der Waals surface area contributed by atoms with Gasteiger partial charge in [0.15, 0.2) is 0 Å². The van der Waals surface area contributed by atoms with Gasteiger partial charge in [0.1, 0.15) is 31.0 Å². The van der Waals surface area contributed by atoms with Gasteiger partial charge in [0, 0.05) is 30.7 Å². The molecule has 204 valence electrons. The summed E-state index contributed by atoms with van der Waals surface area (Å²) in [5.41, 5.74) is 4.07. The second kappa shape index (κ2) is 12.4. The number of aromatic nitrogens is 2. The molecule has 0 radical (unpaired) electrons. The zero-order valence-corrected chi connectivity index (χ0v) is 21.7. The molecule has 1 aromatic carbocycles. The summed E-state index contributed by atoms with van der Waals surface area (Å²) in [6.45, 7) is 6.86. The van der Waals surface area contributed by atoms with E-state index >= 15 is 0 Å². The molecule has 1 aromatic heterocycles. The maximum absolute atomic E-state index is 11.8. The summed E-state index contributed by atoms with van der Waals surface area (Å²) in [6, 6.07) is 8.40. The van der Waals surface area contributed by atoms with Crippen molar-refractivity contribution in [3.05, 3.63) is 46.6 Å². The topological polar surface area (TPSA) is 132 Å². The van der Waals surface area contributed by atoms with Gasteiger partial charge in [-0.15, -0.1) is 5.10 Å². The van der Waals surface area contributed by atoms with Crippen LogP contribution in [0.25, 0.3) is 0 Å². The van der Waals surface area contributed by atoms with Crippen molar-refractivity contribution in [1.82, 2.24) is 9.78 Å². The van der Waals surface area contributed by atoms with Crippen LogP contribution in [0, 0.1) is 6.92 Å². The molecule has 4 rings (SSSR count). The maximum Gasteiger partial charge on any atom is 0.305 e. The van der Waals surface area contributed by atoms with E-state index in [1.807, 2.05) is 18.5 Å². The summed E-state index contributed by atoms with van der Waals surface area (Å²) < 4.78 is 24.5. The van der Waals surface area contributed by atoms with Crippen LogP contribution in [0.2, 0.25) is 0 Å². The second-order valence-corrected chi connectivity index (χ2v) is 9.74. The average Bonchev–Trinajstić information content (AvgIpc) is 3.53. The highest BCUT2D eigenvalue weighted by atomic mass is 16.7. The fourth-order valence-corrected chi connectivity index (χ4v) is 4.70. The van der Waals surface area contributed by atoms with Crippen LogP contribution in [0.5, 0.6) is 5.88 Å². The Labute approximate surface area is 217 Å². The van der Waals surface area contributed by atoms with E-state index in [1.54, 1.807) is 0 Å². The normalized spacial score (nSPS) is 27.8. The summed E-state index contributed by atoms with van der Waals surface area (Å²) in [5, 5.41) is 36.2. The predicted octanol–water partition coefficient (Wildman–Crippen LogP) is 1.84. The Bertz CT molecular complexity index is 1030. The van der Waals surface area contributed by atoms with Gasteiger partial charge < -0.3 is 34.3 Å². The molecule has 0 saturated carbocycles. The molecule has 2 aliphatic heterocycles. The molecule has 2 aliphatic rings. The van der Waals surface area contributed by atoms with E-state index in [1.165, 1.54) is 5.56 Å². The van der Waals surface area contributed by atoms with Gasteiger partial charge in [-0.3, -0.25) is 9.48 Å². The summed E-state index contributed by atoms with van der Waals surface area (Å²) in [5.74, 6) is -0.153. The predicted molar refractivity (Wildman–Crippen MR) is 133 cm³/mol. The minimum absolute atomic E-state index is 0.0638. The van der Waals surface area contributed by atoms with Crippen LogP contribution >= 0.6 is 0 Å². The van der Waals surface area contributed by atoms with E-state index in [0.29, 0.717) is 26.1 Å². The molecule has 0 amide bonds. The van der Waals surface area contributed by atoms with Crippen LogP contribution in [0.4, 0.5) is 0 Å². The Balaban J connectivity index is 1.57. The first-order chi connectivity index (χ1) is 17.8. The second-order valence-electron chi connectivity index (χ2n) is 9.74. The minimum Gasteiger partial charge on any atom is -0.463 e. The number of esters is 1. The molecular weight excluding hydrogens is 480 g/mol. The molecule has 0 aliphatic carbocycles. The largest absolute Gasteiger partial charge is 0.463 e. The number of nitrogens with zero attached hydrogens (tertiary/aromatic N) is 2. The number of hydrogen-bond donors (Lipinski definition) is 3. The first kappa shape index (κ1) is 27.5. The molecule has 1 unspecified atom stereocenters. The van der Waals surface area contributed by atoms with Crippen LogP contribution in [0.15, 0.2) is 24.3 Å². The lowest BCUT2D eigenvalue weighted by molar-refractivity contribution is -0.279. The Hall–Kier alpha value is -2.50. The van der Waals surface area contributed by atoms with Gasteiger partial charge in [0.2, 0.25) is 12.2 Å². The maximum atomic E-state index is 11.8. The SMILES string of the molecule is CCCC(=O)OC[C@H]1O[C@@H](Oc2nn(C3CCOC3)c(C)c2Cc2ccc(CC)cc2)[C@H](O)[C@@H](O)[C@@H]1O. The van der Waals surface area contributed by atoms with Gasteiger partial charge in [0.05, 0.1) is 12.6 Å². The van der Waals surface area contributed by atoms with Crippen molar-refractivity contribution in [1.29, 1.82) is 0 Å². The van der Waals surface area contributed by atoms with Crippen LogP contribution in [0.1, 0.15) is 61.5 Å². The van der Waals surface area contributed by atoms with E-state index in [4.69, 9.17) is 24.0 Å². The fraction of sp³-hybridized carbons (Fsp3) is 0.630. The third-order valence-electron chi connectivity index (χ3n) is 7.06. The van der Waals surface area contributed by atoms with Gasteiger partial charge >= 0.3 is 5.97 Å². The zero-order chi connectivity index (χ0) is 26.5. The molecule has 0 bridgehead atoms. The highest BCUT2D eigenvalue weighted by molar-refractivity contribution is 5.69. The fourth-order valence-electron chi connectivity index (χ4n) is 4.70. The lowest BCUT2D eigenvalue weighted by Crippen LogP contribution is -2.60. The first-order valence-electron chi connectivity index (χ1n) is 13.1. The van der Waals surface area contributed by atoms with Crippen molar-refractivity contribution < 1.29 is 39.1 Å². The molecule has 2 saturated heterocycles. The summed E-state index contributed by atoms with van der Waals surface area (Å²) in [7, 11) is 0. The minimum atomic E-state index is -1.55. The van der Waals surface area contributed by atoms with E-state index in [-0.39, 0.29) is 24.9 Å². The van der Waals surface area contributed by atoms with Crippen molar-refractivity contribution in [2.75, 3.05) is 19.8 Å². The van der Waals surface area contributed by atoms with Crippen molar-refractivity contribution in [2.45, 2.75) is 89.6 Å². The van der Waals surface area contributed by atoms with Gasteiger partial charge in [-0.25, -0.2) is 0 Å². The average molecular weight is 519 g/mol. The number of aryl methyl sites for hydroxylation is 1. The van der Waals surface area contributed by atoms with Crippen LogP contribution in [-0.2, 0) is 31.8 Å². The molecule has 10 nitrogen and oxygen atoms in total. The van der Waals surface area contributed by atoms with Crippen LogP contribution in [-0.4, -0.2) is 81.6 Å². The number of aliphatic hydroxyl groups excluding tert-OH is 3. The van der Waals surface area contributed by atoms with Crippen molar-refractivity contribution >= 4 is 5.97 Å². The number of aliphatic hydroxyl groups is 3. The zero-order valence-electron chi connectivity index (χ0n) is 21.7. The molecule has 0 spiro atoms. The monoisotopic (exact) mass is 518 g/mol. The summed E-state index contributed by atoms with van der Waals surface area (Å²) in [6.07, 6.45) is -3.74. The Morgan fingerprint density at radius 3 is 2.49 bits per heavy atom. The number of benzene rings is 1. The highest BCUT2D eigenvalue weighted by Gasteiger charge is 2.46. The highest BCUT2D eigenvalue weighted by Crippen LogP contribution is 2.32. The van der Waals surface area contributed by atoms with Crippen molar-refractivity contribution in [3.8, 4) is 5.88 Å². The lowest BCUT2D eigenvalue weighted by Gasteiger charge is -2.39. The Kier molecular flexibility index (Phi) is 9.20. The molecule has 37 heavy (non-hydrogen) atoms. The van der Waals surface area contributed by atoms with Gasteiger partial charge in [-0.05, 0) is 37.3 Å². The standard InChI is InChI=1S/C27H38N2O8/c1-4-6-22(30)35-15-21-23(31)24(32)25(33)27(36-21)37-26-20(13-18-9-7-17(5-2)8-10-18)16(3)29(28-26)19-11-12-34-14-19/h7-10,19,21,23-25,27,31-33H,4-6,11-15H2,1-3H3/t19?,21-,23-,24+,25-,27+/m1/s1. The van der Waals surface area contributed by atoms with Gasteiger partial charge in [0.25, 0.3) is 0 Å². The van der Waals surface area contributed by atoms with Gasteiger partial charge in [-0.2, -0.15) is 0 Å². The molecule has 10 heteroatoms. The Morgan fingerprint density at radius 1 is 1.11 bits per heavy atom. The molecule has 6 atom stereocenters. The third kappa shape index (κ3) is 6.32. The smallest absolute Gasteiger partial charge is 0.305 e. The molecule has 3 N–H and O–H groups in total. The number of rotatable bonds is 10. The molecule has 2 fully saturated rings. The van der Waals surface area contributed by atoms with E-state index in [9.17, 15) is 20.1 Å². The Morgan fingerprint density at radius 2 is 1.84 bits per heavy atom. The molecular formula is C27H38N2O8. The number of hydrogen-bond acceptors (Lipinski definition) is 9. The van der Waals surface area contributed by atoms with Crippen LogP contribution in [0.3, 0.4) is 0 Å². The van der Waals surface area contributed by atoms with Crippen molar-refractivity contribution in [2.24, 2.45) is 0 Å². The number of carbonyl (C=O) groups is 1. The van der Waals surface area contributed by atoms with Crippen molar-refractivity contribution in [3.63, 3.8) is 0 Å². The van der Waals surface area contributed by atoms with E-state index < -0.39 is 36.7 Å². The molecule has 3 heterocycles. The quantitative estimate of drug-likeness (QED) is 0.403.